The second-order valence-corrected chi connectivity index (χ2v) is 6.92. The summed E-state index contributed by atoms with van der Waals surface area (Å²) in [4.78, 5) is 13.7. The third-order valence-electron chi connectivity index (χ3n) is 5.15. The molecule has 3 unspecified atom stereocenters. The Labute approximate surface area is 150 Å². The monoisotopic (exact) mass is 337 g/mol. The first-order valence-electron chi connectivity index (χ1n) is 8.98. The molecule has 0 aromatic heterocycles. The van der Waals surface area contributed by atoms with Gasteiger partial charge in [-0.05, 0) is 48.9 Å². The van der Waals surface area contributed by atoms with E-state index in [0.29, 0.717) is 12.0 Å². The maximum atomic E-state index is 11.3. The summed E-state index contributed by atoms with van der Waals surface area (Å²) in [5.41, 5.74) is 9.95. The molecule has 2 aromatic carbocycles. The van der Waals surface area contributed by atoms with Crippen LogP contribution < -0.4 is 11.1 Å². The van der Waals surface area contributed by atoms with Gasteiger partial charge in [0.1, 0.15) is 0 Å². The van der Waals surface area contributed by atoms with Crippen LogP contribution in [0.15, 0.2) is 54.6 Å². The molecule has 1 aliphatic rings. The fraction of sp³-hybridized carbons (Fsp3) is 0.381. The van der Waals surface area contributed by atoms with Crippen LogP contribution in [-0.4, -0.2) is 23.5 Å². The van der Waals surface area contributed by atoms with Gasteiger partial charge >= 0.3 is 0 Å². The van der Waals surface area contributed by atoms with E-state index in [2.05, 4.69) is 53.5 Å². The number of rotatable bonds is 4. The highest BCUT2D eigenvalue weighted by Crippen LogP contribution is 2.35. The maximum absolute atomic E-state index is 11.3. The summed E-state index contributed by atoms with van der Waals surface area (Å²) in [7, 11) is 0. The minimum atomic E-state index is -0.0413. The summed E-state index contributed by atoms with van der Waals surface area (Å²) in [5, 5.41) is 2.86. The summed E-state index contributed by atoms with van der Waals surface area (Å²) < 4.78 is 0. The number of benzene rings is 2. The average molecular weight is 337 g/mol. The average Bonchev–Trinajstić information content (AvgIpc) is 2.61. The molecule has 0 saturated carbocycles. The predicted octanol–water partition coefficient (Wildman–Crippen LogP) is 3.87. The van der Waals surface area contributed by atoms with E-state index in [1.807, 2.05) is 18.2 Å². The molecule has 0 radical (unpaired) electrons. The number of hydrogen-bond acceptors (Lipinski definition) is 3. The molecule has 4 nitrogen and oxygen atoms in total. The molecule has 1 amide bonds. The number of carbonyl (C=O) groups is 1. The number of anilines is 1. The zero-order valence-corrected chi connectivity index (χ0v) is 15.0. The SMILES string of the molecule is CC(=O)Nc1cccc(C2CCN(C(C)c3ccccc3)C(N)C2)c1. The Morgan fingerprint density at radius 1 is 1.20 bits per heavy atom. The van der Waals surface area contributed by atoms with Gasteiger partial charge in [0, 0.05) is 25.2 Å². The van der Waals surface area contributed by atoms with Crippen molar-refractivity contribution < 1.29 is 4.79 Å². The van der Waals surface area contributed by atoms with E-state index in [0.717, 1.165) is 25.1 Å². The lowest BCUT2D eigenvalue weighted by Gasteiger charge is -2.41. The van der Waals surface area contributed by atoms with Crippen LogP contribution in [0.25, 0.3) is 0 Å². The normalized spacial score (nSPS) is 22.4. The number of carbonyl (C=O) groups excluding carboxylic acids is 1. The van der Waals surface area contributed by atoms with E-state index < -0.39 is 0 Å². The van der Waals surface area contributed by atoms with Crippen LogP contribution >= 0.6 is 0 Å². The number of nitrogens with zero attached hydrogens (tertiary/aromatic N) is 1. The van der Waals surface area contributed by atoms with Crippen molar-refractivity contribution in [3.63, 3.8) is 0 Å². The Morgan fingerprint density at radius 2 is 1.96 bits per heavy atom. The lowest BCUT2D eigenvalue weighted by molar-refractivity contribution is -0.114. The van der Waals surface area contributed by atoms with Crippen LogP contribution in [0, 0.1) is 0 Å². The molecular formula is C21H27N3O. The van der Waals surface area contributed by atoms with Gasteiger partial charge in [0.05, 0.1) is 6.17 Å². The topological polar surface area (TPSA) is 58.4 Å². The smallest absolute Gasteiger partial charge is 0.221 e. The van der Waals surface area contributed by atoms with Crippen LogP contribution in [0.3, 0.4) is 0 Å². The molecule has 0 spiro atoms. The molecule has 132 valence electrons. The number of piperidine rings is 1. The first-order chi connectivity index (χ1) is 12.0. The number of likely N-dealkylation sites (tertiary alicyclic amines) is 1. The lowest BCUT2D eigenvalue weighted by atomic mass is 9.86. The molecule has 0 aliphatic carbocycles. The Morgan fingerprint density at radius 3 is 2.64 bits per heavy atom. The number of nitrogens with two attached hydrogens (primary N) is 1. The molecular weight excluding hydrogens is 310 g/mol. The zero-order chi connectivity index (χ0) is 17.8. The van der Waals surface area contributed by atoms with Crippen LogP contribution in [0.2, 0.25) is 0 Å². The van der Waals surface area contributed by atoms with Crippen LogP contribution in [0.4, 0.5) is 5.69 Å². The van der Waals surface area contributed by atoms with E-state index in [9.17, 15) is 4.79 Å². The number of amides is 1. The molecule has 1 heterocycles. The van der Waals surface area contributed by atoms with E-state index in [1.165, 1.54) is 18.1 Å². The molecule has 2 aromatic rings. The highest BCUT2D eigenvalue weighted by Gasteiger charge is 2.30. The molecule has 25 heavy (non-hydrogen) atoms. The second-order valence-electron chi connectivity index (χ2n) is 6.92. The predicted molar refractivity (Wildman–Crippen MR) is 102 cm³/mol. The van der Waals surface area contributed by atoms with Gasteiger partial charge in [-0.3, -0.25) is 9.69 Å². The molecule has 1 aliphatic heterocycles. The lowest BCUT2D eigenvalue weighted by Crippen LogP contribution is -2.48. The van der Waals surface area contributed by atoms with Crippen molar-refractivity contribution in [3.8, 4) is 0 Å². The zero-order valence-electron chi connectivity index (χ0n) is 15.0. The summed E-state index contributed by atoms with van der Waals surface area (Å²) >= 11 is 0. The van der Waals surface area contributed by atoms with Gasteiger partial charge in [0.15, 0.2) is 0 Å². The van der Waals surface area contributed by atoms with E-state index >= 15 is 0 Å². The van der Waals surface area contributed by atoms with Gasteiger partial charge < -0.3 is 11.1 Å². The summed E-state index contributed by atoms with van der Waals surface area (Å²) in [6, 6.07) is 19.0. The highest BCUT2D eigenvalue weighted by molar-refractivity contribution is 5.88. The van der Waals surface area contributed by atoms with E-state index in [4.69, 9.17) is 5.73 Å². The van der Waals surface area contributed by atoms with Gasteiger partial charge in [-0.25, -0.2) is 0 Å². The van der Waals surface area contributed by atoms with Crippen LogP contribution in [-0.2, 0) is 4.79 Å². The standard InChI is InChI=1S/C21H27N3O/c1-15(17-7-4-3-5-8-17)24-12-11-19(14-21(24)22)18-9-6-10-20(13-18)23-16(2)25/h3-10,13,15,19,21H,11-12,14,22H2,1-2H3,(H,23,25). The third-order valence-corrected chi connectivity index (χ3v) is 5.15. The summed E-state index contributed by atoms with van der Waals surface area (Å²) in [5.74, 6) is 0.392. The van der Waals surface area contributed by atoms with Crippen molar-refractivity contribution in [2.45, 2.75) is 44.8 Å². The van der Waals surface area contributed by atoms with Crippen molar-refractivity contribution in [2.24, 2.45) is 5.73 Å². The Balaban J connectivity index is 1.68. The van der Waals surface area contributed by atoms with Crippen molar-refractivity contribution in [1.82, 2.24) is 4.90 Å². The molecule has 3 N–H and O–H groups in total. The van der Waals surface area contributed by atoms with Crippen molar-refractivity contribution >= 4 is 11.6 Å². The molecule has 1 fully saturated rings. The van der Waals surface area contributed by atoms with Crippen molar-refractivity contribution in [2.75, 3.05) is 11.9 Å². The first kappa shape index (κ1) is 17.6. The van der Waals surface area contributed by atoms with Crippen molar-refractivity contribution in [1.29, 1.82) is 0 Å². The van der Waals surface area contributed by atoms with Crippen LogP contribution in [0.5, 0.6) is 0 Å². The third kappa shape index (κ3) is 4.27. The summed E-state index contributed by atoms with van der Waals surface area (Å²) in [6.07, 6.45) is 2.05. The van der Waals surface area contributed by atoms with Crippen molar-refractivity contribution in [3.05, 3.63) is 65.7 Å². The first-order valence-corrected chi connectivity index (χ1v) is 8.98. The Bertz CT molecular complexity index is 716. The minimum absolute atomic E-state index is 0.0402. The van der Waals surface area contributed by atoms with Gasteiger partial charge in [-0.2, -0.15) is 0 Å². The quantitative estimate of drug-likeness (QED) is 0.890. The van der Waals surface area contributed by atoms with E-state index in [1.54, 1.807) is 0 Å². The maximum Gasteiger partial charge on any atom is 0.221 e. The molecule has 3 atom stereocenters. The number of nitrogens with one attached hydrogen (secondary N) is 1. The summed E-state index contributed by atoms with van der Waals surface area (Å²) in [6.45, 7) is 4.74. The largest absolute Gasteiger partial charge is 0.326 e. The number of hydrogen-bond donors (Lipinski definition) is 2. The molecule has 1 saturated heterocycles. The van der Waals surface area contributed by atoms with Gasteiger partial charge in [-0.1, -0.05) is 42.5 Å². The van der Waals surface area contributed by atoms with E-state index in [-0.39, 0.29) is 12.1 Å². The fourth-order valence-electron chi connectivity index (χ4n) is 3.80. The van der Waals surface area contributed by atoms with Gasteiger partial charge in [0.2, 0.25) is 5.91 Å². The van der Waals surface area contributed by atoms with Gasteiger partial charge in [-0.15, -0.1) is 0 Å². The van der Waals surface area contributed by atoms with Crippen LogP contribution in [0.1, 0.15) is 49.8 Å². The van der Waals surface area contributed by atoms with Gasteiger partial charge in [0.25, 0.3) is 0 Å². The highest BCUT2D eigenvalue weighted by atomic mass is 16.1. The Hall–Kier alpha value is -2.17. The Kier molecular flexibility index (Phi) is 5.51. The minimum Gasteiger partial charge on any atom is -0.326 e. The fourth-order valence-corrected chi connectivity index (χ4v) is 3.80. The molecule has 0 bridgehead atoms. The second kappa shape index (κ2) is 7.81. The molecule has 3 rings (SSSR count). The molecule has 4 heteroatoms.